The van der Waals surface area contributed by atoms with Crippen molar-refractivity contribution >= 4 is 11.8 Å². The summed E-state index contributed by atoms with van der Waals surface area (Å²) in [4.78, 5) is 0. The van der Waals surface area contributed by atoms with Crippen LogP contribution in [0.2, 0.25) is 0 Å². The van der Waals surface area contributed by atoms with Crippen molar-refractivity contribution in [2.45, 2.75) is 77.1 Å². The molecular formula is C29H39FS. The van der Waals surface area contributed by atoms with Crippen LogP contribution < -0.4 is 0 Å². The molecule has 0 aliphatic heterocycles. The first-order chi connectivity index (χ1) is 14.9. The highest BCUT2D eigenvalue weighted by Crippen LogP contribution is 2.70. The number of hydrogen-bond donors (Lipinski definition) is 0. The standard InChI is InChI=1S/C29H39FS/c1-21-19-26-25-13-12-23-11-7-8-15-28(23,3)29(25,30)17-16-27(26,2)24(21)14-18-31-20-22-9-5-4-6-10-22/h4-6,8-11,15,21,24-26H,7,12-14,16-20H2,1-3H3/t21?,24-,25-,26-,27+,28-,29+/m0/s1. The van der Waals surface area contributed by atoms with E-state index in [-0.39, 0.29) is 11.3 Å². The zero-order valence-electron chi connectivity index (χ0n) is 19.6. The van der Waals surface area contributed by atoms with Crippen LogP contribution in [0.5, 0.6) is 0 Å². The summed E-state index contributed by atoms with van der Waals surface area (Å²) in [5.74, 6) is 4.60. The number of halogens is 1. The molecule has 2 heteroatoms. The fourth-order valence-corrected chi connectivity index (χ4v) is 9.28. The van der Waals surface area contributed by atoms with Crippen LogP contribution in [-0.2, 0) is 5.75 Å². The molecular weight excluding hydrogens is 399 g/mol. The van der Waals surface area contributed by atoms with E-state index in [1.54, 1.807) is 0 Å². The molecule has 0 radical (unpaired) electrons. The van der Waals surface area contributed by atoms with Crippen LogP contribution in [0.1, 0.15) is 71.3 Å². The monoisotopic (exact) mass is 438 g/mol. The number of rotatable bonds is 5. The highest BCUT2D eigenvalue weighted by Gasteiger charge is 2.66. The quantitative estimate of drug-likeness (QED) is 0.328. The molecule has 7 atom stereocenters. The van der Waals surface area contributed by atoms with Crippen LogP contribution >= 0.6 is 11.8 Å². The van der Waals surface area contributed by atoms with Gasteiger partial charge in [0.1, 0.15) is 5.67 Å². The third kappa shape index (κ3) is 3.38. The van der Waals surface area contributed by atoms with Gasteiger partial charge in [-0.2, -0.15) is 11.8 Å². The van der Waals surface area contributed by atoms with Crippen molar-refractivity contribution in [1.82, 2.24) is 0 Å². The lowest BCUT2D eigenvalue weighted by Gasteiger charge is -2.60. The third-order valence-corrected chi connectivity index (χ3v) is 11.1. The Morgan fingerprint density at radius 2 is 1.90 bits per heavy atom. The Hall–Kier alpha value is -1.02. The molecule has 3 fully saturated rings. The molecule has 0 saturated heterocycles. The molecule has 3 saturated carbocycles. The Kier molecular flexibility index (Phi) is 5.69. The molecule has 31 heavy (non-hydrogen) atoms. The van der Waals surface area contributed by atoms with Crippen LogP contribution in [0.3, 0.4) is 0 Å². The summed E-state index contributed by atoms with van der Waals surface area (Å²) in [6, 6.07) is 10.8. The number of hydrogen-bond acceptors (Lipinski definition) is 1. The maximum Gasteiger partial charge on any atom is 0.126 e. The first-order valence-corrected chi connectivity index (χ1v) is 13.7. The van der Waals surface area contributed by atoms with Gasteiger partial charge in [0.15, 0.2) is 0 Å². The minimum Gasteiger partial charge on any atom is -0.242 e. The van der Waals surface area contributed by atoms with Gasteiger partial charge < -0.3 is 0 Å². The Balaban J connectivity index is 1.30. The van der Waals surface area contributed by atoms with E-state index in [0.717, 1.165) is 49.7 Å². The summed E-state index contributed by atoms with van der Waals surface area (Å²) >= 11 is 2.08. The third-order valence-electron chi connectivity index (χ3n) is 10.00. The molecule has 4 aliphatic carbocycles. The van der Waals surface area contributed by atoms with Gasteiger partial charge in [-0.1, -0.05) is 68.0 Å². The summed E-state index contributed by atoms with van der Waals surface area (Å²) in [6.45, 7) is 7.21. The maximum atomic E-state index is 17.0. The molecule has 168 valence electrons. The normalized spacial score (nSPS) is 43.7. The van der Waals surface area contributed by atoms with Crippen molar-refractivity contribution in [3.8, 4) is 0 Å². The average Bonchev–Trinajstić information content (AvgIpc) is 3.02. The second-order valence-corrected chi connectivity index (χ2v) is 12.4. The van der Waals surface area contributed by atoms with E-state index in [9.17, 15) is 0 Å². The van der Waals surface area contributed by atoms with Gasteiger partial charge in [-0.15, -0.1) is 0 Å². The second-order valence-electron chi connectivity index (χ2n) is 11.3. The topological polar surface area (TPSA) is 0 Å². The van der Waals surface area contributed by atoms with Crippen molar-refractivity contribution in [2.24, 2.45) is 34.5 Å². The molecule has 0 nitrogen and oxygen atoms in total. The van der Waals surface area contributed by atoms with Crippen LogP contribution in [0.15, 0.2) is 54.1 Å². The lowest BCUT2D eigenvalue weighted by Crippen LogP contribution is -2.59. The largest absolute Gasteiger partial charge is 0.242 e. The van der Waals surface area contributed by atoms with Crippen molar-refractivity contribution in [1.29, 1.82) is 0 Å². The highest BCUT2D eigenvalue weighted by molar-refractivity contribution is 7.98. The zero-order chi connectivity index (χ0) is 21.7. The number of thioether (sulfide) groups is 1. The van der Waals surface area contributed by atoms with Crippen molar-refractivity contribution in [3.05, 3.63) is 59.7 Å². The van der Waals surface area contributed by atoms with Crippen LogP contribution in [0.4, 0.5) is 4.39 Å². The Morgan fingerprint density at radius 3 is 2.71 bits per heavy atom. The number of alkyl halides is 1. The molecule has 1 unspecified atom stereocenters. The van der Waals surface area contributed by atoms with Gasteiger partial charge in [0.05, 0.1) is 0 Å². The predicted molar refractivity (Wildman–Crippen MR) is 132 cm³/mol. The van der Waals surface area contributed by atoms with Crippen LogP contribution in [0.25, 0.3) is 0 Å². The summed E-state index contributed by atoms with van der Waals surface area (Å²) in [5, 5.41) is 0. The number of benzene rings is 1. The second kappa shape index (κ2) is 8.08. The summed E-state index contributed by atoms with van der Waals surface area (Å²) in [7, 11) is 0. The van der Waals surface area contributed by atoms with Gasteiger partial charge in [0.25, 0.3) is 0 Å². The van der Waals surface area contributed by atoms with E-state index in [1.165, 1.54) is 29.7 Å². The fraction of sp³-hybridized carbons (Fsp3) is 0.655. The highest BCUT2D eigenvalue weighted by atomic mass is 32.2. The first-order valence-electron chi connectivity index (χ1n) is 12.6. The van der Waals surface area contributed by atoms with Gasteiger partial charge in [-0.05, 0) is 92.3 Å². The number of allylic oxidation sites excluding steroid dienone is 4. The predicted octanol–water partition coefficient (Wildman–Crippen LogP) is 8.39. The van der Waals surface area contributed by atoms with Crippen molar-refractivity contribution in [2.75, 3.05) is 5.75 Å². The molecule has 0 aromatic heterocycles. The molecule has 5 rings (SSSR count). The SMILES string of the molecule is CC1C[C@H]2[C@@H]3CCC4=CCC=C[C@]4(C)[C@@]3(F)CC[C@]2(C)[C@H]1CCSCc1ccccc1. The molecule has 0 N–H and O–H groups in total. The fourth-order valence-electron chi connectivity index (χ4n) is 8.28. The van der Waals surface area contributed by atoms with E-state index in [4.69, 9.17) is 0 Å². The van der Waals surface area contributed by atoms with E-state index >= 15 is 4.39 Å². The van der Waals surface area contributed by atoms with Crippen LogP contribution in [-0.4, -0.2) is 11.4 Å². The van der Waals surface area contributed by atoms with Crippen molar-refractivity contribution < 1.29 is 4.39 Å². The lowest BCUT2D eigenvalue weighted by molar-refractivity contribution is -0.126. The molecule has 0 amide bonds. The molecule has 4 aliphatic rings. The minimum absolute atomic E-state index is 0.237. The Bertz CT molecular complexity index is 859. The molecule has 1 aromatic carbocycles. The van der Waals surface area contributed by atoms with Gasteiger partial charge >= 0.3 is 0 Å². The molecule has 1 aromatic rings. The van der Waals surface area contributed by atoms with E-state index in [0.29, 0.717) is 11.3 Å². The van der Waals surface area contributed by atoms with Gasteiger partial charge in [-0.25, -0.2) is 4.39 Å². The maximum absolute atomic E-state index is 17.0. The Morgan fingerprint density at radius 1 is 1.10 bits per heavy atom. The smallest absolute Gasteiger partial charge is 0.126 e. The van der Waals surface area contributed by atoms with Crippen molar-refractivity contribution in [3.63, 3.8) is 0 Å². The van der Waals surface area contributed by atoms with Gasteiger partial charge in [0.2, 0.25) is 0 Å². The summed E-state index contributed by atoms with van der Waals surface area (Å²) in [5.41, 5.74) is 1.73. The van der Waals surface area contributed by atoms with E-state index in [2.05, 4.69) is 81.1 Å². The van der Waals surface area contributed by atoms with E-state index in [1.807, 2.05) is 0 Å². The van der Waals surface area contributed by atoms with Gasteiger partial charge in [-0.3, -0.25) is 0 Å². The Labute approximate surface area is 193 Å². The molecule has 0 spiro atoms. The zero-order valence-corrected chi connectivity index (χ0v) is 20.4. The summed E-state index contributed by atoms with van der Waals surface area (Å²) < 4.78 is 17.0. The molecule has 0 bridgehead atoms. The van der Waals surface area contributed by atoms with Crippen LogP contribution in [0, 0.1) is 34.5 Å². The first kappa shape index (κ1) is 21.8. The molecule has 0 heterocycles. The van der Waals surface area contributed by atoms with Gasteiger partial charge in [0, 0.05) is 11.2 Å². The average molecular weight is 439 g/mol. The van der Waals surface area contributed by atoms with E-state index < -0.39 is 5.67 Å². The minimum atomic E-state index is -1.05. The lowest BCUT2D eigenvalue weighted by atomic mass is 9.46. The summed E-state index contributed by atoms with van der Waals surface area (Å²) in [6.07, 6.45) is 14.3. The number of fused-ring (bicyclic) bond motifs is 5.